The molecule has 1 fully saturated rings. The highest BCUT2D eigenvalue weighted by Crippen LogP contribution is 2.24. The molecule has 264 valence electrons. The number of anilines is 1. The monoisotopic (exact) mass is 704 g/mol. The summed E-state index contributed by atoms with van der Waals surface area (Å²) in [5.74, 6) is -3.05. The smallest absolute Gasteiger partial charge is 0.422 e. The first-order chi connectivity index (χ1) is 21.2. The zero-order valence-corrected chi connectivity index (χ0v) is 30.0. The maximum absolute atomic E-state index is 13.6. The molecule has 0 radical (unpaired) electrons. The van der Waals surface area contributed by atoms with E-state index < -0.39 is 80.8 Å². The molecule has 17 nitrogen and oxygen atoms in total. The third kappa shape index (κ3) is 13.4. The molecular formula is C28H44N6O11S2. The van der Waals surface area contributed by atoms with E-state index in [2.05, 4.69) is 25.5 Å². The Morgan fingerprint density at radius 3 is 2.00 bits per heavy atom. The Kier molecular flexibility index (Phi) is 12.1. The highest BCUT2D eigenvalue weighted by atomic mass is 32.2. The van der Waals surface area contributed by atoms with Crippen LogP contribution in [0.2, 0.25) is 0 Å². The summed E-state index contributed by atoms with van der Waals surface area (Å²) in [5.41, 5.74) is -4.63. The lowest BCUT2D eigenvalue weighted by molar-refractivity contribution is -0.179. The van der Waals surface area contributed by atoms with Gasteiger partial charge in [-0.25, -0.2) is 24.1 Å². The summed E-state index contributed by atoms with van der Waals surface area (Å²) in [7, 11) is -4.37. The standard InChI is InChI=1S/C28H44N6O11S2/c1-25(2,3)42-21(37)28(10,11)45-33-19(17-14-46-22(31-17)32-23(38)43-26(4,5)6)18(35)12-15-16(30-20(15)36)13-29-47(40,41)34-24(39)44-27(7,8)9/h14-16,29H,12-13H2,1-11H3,(H,30,36)(H,34,39)(H,31,32,38)/b33-19-/t15?,16-/m1/s1. The number of carbonyl (C=O) groups is 5. The predicted octanol–water partition coefficient (Wildman–Crippen LogP) is 2.76. The van der Waals surface area contributed by atoms with Crippen molar-refractivity contribution in [3.8, 4) is 0 Å². The molecule has 1 aliphatic rings. The lowest BCUT2D eigenvalue weighted by Gasteiger charge is -2.36. The third-order valence-corrected chi connectivity index (χ3v) is 7.28. The summed E-state index contributed by atoms with van der Waals surface area (Å²) < 4.78 is 44.0. The minimum Gasteiger partial charge on any atom is -0.457 e. The van der Waals surface area contributed by atoms with Crippen LogP contribution in [0.5, 0.6) is 0 Å². The van der Waals surface area contributed by atoms with E-state index in [1.165, 1.54) is 19.2 Å². The maximum Gasteiger partial charge on any atom is 0.422 e. The van der Waals surface area contributed by atoms with Gasteiger partial charge >= 0.3 is 28.4 Å². The van der Waals surface area contributed by atoms with Gasteiger partial charge in [0.25, 0.3) is 0 Å². The first-order valence-electron chi connectivity index (χ1n) is 14.5. The molecule has 1 unspecified atom stereocenters. The average molecular weight is 705 g/mol. The van der Waals surface area contributed by atoms with E-state index in [1.54, 1.807) is 67.0 Å². The fourth-order valence-corrected chi connectivity index (χ4v) is 4.93. The lowest BCUT2D eigenvalue weighted by Crippen LogP contribution is -2.63. The molecule has 0 bridgehead atoms. The predicted molar refractivity (Wildman–Crippen MR) is 171 cm³/mol. The molecule has 19 heteroatoms. The second kappa shape index (κ2) is 14.5. The number of hydrogen-bond donors (Lipinski definition) is 4. The average Bonchev–Trinajstić information content (AvgIpc) is 3.28. The van der Waals surface area contributed by atoms with Crippen molar-refractivity contribution < 1.29 is 51.4 Å². The molecule has 0 aromatic carbocycles. The number of nitrogens with zero attached hydrogens (tertiary/aromatic N) is 2. The van der Waals surface area contributed by atoms with E-state index in [-0.39, 0.29) is 23.1 Å². The van der Waals surface area contributed by atoms with Crippen LogP contribution in [0.1, 0.15) is 88.3 Å². The number of oxime groups is 1. The Labute approximate surface area is 278 Å². The molecule has 4 N–H and O–H groups in total. The van der Waals surface area contributed by atoms with Crippen LogP contribution in [-0.2, 0) is 43.6 Å². The van der Waals surface area contributed by atoms with Crippen LogP contribution < -0.4 is 20.1 Å². The van der Waals surface area contributed by atoms with E-state index in [9.17, 15) is 32.4 Å². The number of aromatic nitrogens is 1. The van der Waals surface area contributed by atoms with Crippen molar-refractivity contribution in [2.45, 2.75) is 111 Å². The van der Waals surface area contributed by atoms with E-state index in [4.69, 9.17) is 19.0 Å². The van der Waals surface area contributed by atoms with Gasteiger partial charge in [0.05, 0.1) is 12.0 Å². The van der Waals surface area contributed by atoms with Gasteiger partial charge in [0.2, 0.25) is 11.5 Å². The van der Waals surface area contributed by atoms with Crippen molar-refractivity contribution >= 4 is 62.2 Å². The number of rotatable bonds is 12. The summed E-state index contributed by atoms with van der Waals surface area (Å²) in [6.45, 7) is 17.1. The van der Waals surface area contributed by atoms with Crippen molar-refractivity contribution in [2.24, 2.45) is 11.1 Å². The number of thiazole rings is 1. The molecule has 2 heterocycles. The van der Waals surface area contributed by atoms with Crippen LogP contribution in [0.3, 0.4) is 0 Å². The topological polar surface area (TPSA) is 230 Å². The van der Waals surface area contributed by atoms with Crippen LogP contribution in [0.4, 0.5) is 14.7 Å². The molecule has 47 heavy (non-hydrogen) atoms. The molecule has 3 amide bonds. The third-order valence-electron chi connectivity index (χ3n) is 5.54. The van der Waals surface area contributed by atoms with Crippen molar-refractivity contribution in [3.63, 3.8) is 0 Å². The fourth-order valence-electron chi connectivity index (χ4n) is 3.52. The number of ether oxygens (including phenoxy) is 3. The molecule has 0 aliphatic carbocycles. The number of carbonyl (C=O) groups excluding carboxylic acids is 5. The Hall–Kier alpha value is -3.84. The summed E-state index contributed by atoms with van der Waals surface area (Å²) in [4.78, 5) is 72.6. The second-order valence-corrected chi connectivity index (χ2v) is 16.4. The highest BCUT2D eigenvalue weighted by Gasteiger charge is 2.42. The minimum atomic E-state index is -4.37. The summed E-state index contributed by atoms with van der Waals surface area (Å²) in [6, 6.07) is -0.832. The van der Waals surface area contributed by atoms with Crippen molar-refractivity contribution in [2.75, 3.05) is 11.9 Å². The summed E-state index contributed by atoms with van der Waals surface area (Å²) >= 11 is 0.952. The number of amides is 3. The Morgan fingerprint density at radius 2 is 1.47 bits per heavy atom. The van der Waals surface area contributed by atoms with Crippen molar-refractivity contribution in [3.05, 3.63) is 11.1 Å². The number of Topliss-reactive ketones (excluding diaryl/α,β-unsaturated/α-hetero) is 1. The number of esters is 1. The van der Waals surface area contributed by atoms with Crippen LogP contribution >= 0.6 is 11.3 Å². The van der Waals surface area contributed by atoms with Gasteiger partial charge in [0.1, 0.15) is 22.5 Å². The Balaban J connectivity index is 2.26. The highest BCUT2D eigenvalue weighted by molar-refractivity contribution is 7.88. The lowest BCUT2D eigenvalue weighted by atomic mass is 9.85. The zero-order chi connectivity index (χ0) is 36.2. The van der Waals surface area contributed by atoms with E-state index >= 15 is 0 Å². The molecule has 2 rings (SSSR count). The largest absolute Gasteiger partial charge is 0.457 e. The second-order valence-electron chi connectivity index (χ2n) is 14.0. The Bertz CT molecular complexity index is 1500. The van der Waals surface area contributed by atoms with Crippen LogP contribution in [0.25, 0.3) is 0 Å². The molecule has 1 aromatic heterocycles. The van der Waals surface area contributed by atoms with Gasteiger partial charge in [-0.3, -0.25) is 14.9 Å². The van der Waals surface area contributed by atoms with E-state index in [0.717, 1.165) is 11.3 Å². The molecule has 1 aromatic rings. The van der Waals surface area contributed by atoms with Gasteiger partial charge in [0, 0.05) is 18.3 Å². The van der Waals surface area contributed by atoms with Crippen LogP contribution in [-0.4, -0.2) is 84.0 Å². The molecule has 1 saturated heterocycles. The Morgan fingerprint density at radius 1 is 0.915 bits per heavy atom. The number of hydrogen-bond acceptors (Lipinski definition) is 14. The summed E-state index contributed by atoms with van der Waals surface area (Å²) in [5, 5.41) is 10.4. The molecule has 2 atom stereocenters. The first-order valence-corrected chi connectivity index (χ1v) is 16.8. The van der Waals surface area contributed by atoms with Gasteiger partial charge in [-0.1, -0.05) is 5.16 Å². The SMILES string of the molecule is CC(C)(C)OC(=O)Nc1nc(/C(=N/OC(C)(C)C(=O)OC(C)(C)C)C(=O)CC2C(=O)N[C@@H]2CNS(=O)(=O)NC(=O)OC(C)(C)C)cs1. The molecular weight excluding hydrogens is 660 g/mol. The van der Waals surface area contributed by atoms with Gasteiger partial charge in [-0.2, -0.15) is 13.1 Å². The van der Waals surface area contributed by atoms with Crippen LogP contribution in [0.15, 0.2) is 10.5 Å². The minimum absolute atomic E-state index is 0.0374. The van der Waals surface area contributed by atoms with Crippen LogP contribution in [0, 0.1) is 5.92 Å². The molecule has 0 spiro atoms. The van der Waals surface area contributed by atoms with Gasteiger partial charge in [-0.05, 0) is 76.2 Å². The normalized spacial score (nSPS) is 17.5. The first kappa shape index (κ1) is 39.3. The van der Waals surface area contributed by atoms with Crippen molar-refractivity contribution in [1.29, 1.82) is 0 Å². The van der Waals surface area contributed by atoms with Gasteiger partial charge < -0.3 is 24.4 Å². The molecule has 1 aliphatic heterocycles. The maximum atomic E-state index is 13.6. The van der Waals surface area contributed by atoms with Gasteiger partial charge in [-0.15, -0.1) is 11.3 Å². The quantitative estimate of drug-likeness (QED) is 0.0809. The van der Waals surface area contributed by atoms with Gasteiger partial charge in [0.15, 0.2) is 16.6 Å². The van der Waals surface area contributed by atoms with E-state index in [1.807, 2.05) is 0 Å². The fraction of sp³-hybridized carbons (Fsp3) is 0.679. The van der Waals surface area contributed by atoms with Crippen molar-refractivity contribution in [1.82, 2.24) is 19.7 Å². The van der Waals surface area contributed by atoms with E-state index in [0.29, 0.717) is 0 Å². The summed E-state index contributed by atoms with van der Waals surface area (Å²) in [6.07, 6.45) is -2.45. The number of ketones is 1. The molecule has 0 saturated carbocycles. The number of nitrogens with one attached hydrogen (secondary N) is 4. The number of β-lactam (4-membered cyclic amide) rings is 1. The zero-order valence-electron chi connectivity index (χ0n) is 28.3.